The van der Waals surface area contributed by atoms with Gasteiger partial charge in [-0.3, -0.25) is 0 Å². The second kappa shape index (κ2) is 5.78. The Labute approximate surface area is 133 Å². The van der Waals surface area contributed by atoms with E-state index in [1.165, 1.54) is 11.1 Å². The van der Waals surface area contributed by atoms with E-state index in [0.717, 1.165) is 0 Å². The third kappa shape index (κ3) is 3.71. The van der Waals surface area contributed by atoms with Gasteiger partial charge in [0.1, 0.15) is 0 Å². The lowest BCUT2D eigenvalue weighted by Gasteiger charge is -2.36. The predicted molar refractivity (Wildman–Crippen MR) is 96.8 cm³/mol. The Morgan fingerprint density at radius 1 is 0.714 bits per heavy atom. The molecule has 1 rings (SSSR count). The van der Waals surface area contributed by atoms with Crippen LogP contribution in [0.1, 0.15) is 109 Å². The van der Waals surface area contributed by atoms with Gasteiger partial charge in [-0.1, -0.05) is 75.3 Å². The van der Waals surface area contributed by atoms with E-state index in [-0.39, 0.29) is 10.8 Å². The van der Waals surface area contributed by atoms with E-state index < -0.39 is 0 Å². The molecule has 0 aromatic heterocycles. The standard InChI is InChI=1S/C21H36/c1-13(2)17-15(5)12-16(20(6,7)8)19(21(9,10)11)18(17)14(3)4/h12-14H,1-11H3. The maximum atomic E-state index is 2.46. The van der Waals surface area contributed by atoms with Crippen LogP contribution in [0, 0.1) is 6.92 Å². The predicted octanol–water partition coefficient (Wildman–Crippen LogP) is 6.84. The number of aryl methyl sites for hydroxylation is 1. The highest BCUT2D eigenvalue weighted by Gasteiger charge is 2.31. The summed E-state index contributed by atoms with van der Waals surface area (Å²) in [5.41, 5.74) is 8.11. The summed E-state index contributed by atoms with van der Waals surface area (Å²) in [4.78, 5) is 0. The molecule has 0 heteroatoms. The summed E-state index contributed by atoms with van der Waals surface area (Å²) < 4.78 is 0. The molecule has 21 heavy (non-hydrogen) atoms. The van der Waals surface area contributed by atoms with Crippen molar-refractivity contribution < 1.29 is 0 Å². The first-order valence-corrected chi connectivity index (χ1v) is 8.46. The Morgan fingerprint density at radius 2 is 1.14 bits per heavy atom. The van der Waals surface area contributed by atoms with Crippen LogP contribution in [0.3, 0.4) is 0 Å². The minimum Gasteiger partial charge on any atom is -0.0587 e. The zero-order valence-electron chi connectivity index (χ0n) is 16.2. The molecule has 0 unspecified atom stereocenters. The molecule has 0 bridgehead atoms. The van der Waals surface area contributed by atoms with Crippen LogP contribution in [0.15, 0.2) is 6.07 Å². The summed E-state index contributed by atoms with van der Waals surface area (Å²) in [6.45, 7) is 25.8. The quantitative estimate of drug-likeness (QED) is 0.559. The summed E-state index contributed by atoms with van der Waals surface area (Å²) in [7, 11) is 0. The van der Waals surface area contributed by atoms with Gasteiger partial charge in [-0.25, -0.2) is 0 Å². The van der Waals surface area contributed by atoms with E-state index in [1.54, 1.807) is 16.7 Å². The van der Waals surface area contributed by atoms with Crippen molar-refractivity contribution in [3.63, 3.8) is 0 Å². The molecule has 0 N–H and O–H groups in total. The molecule has 0 heterocycles. The van der Waals surface area contributed by atoms with Gasteiger partial charge < -0.3 is 0 Å². The fourth-order valence-corrected chi connectivity index (χ4v) is 3.62. The number of benzene rings is 1. The second-order valence-electron chi connectivity index (χ2n) is 9.25. The number of hydrogen-bond acceptors (Lipinski definition) is 0. The Hall–Kier alpha value is -0.780. The molecular formula is C21H36. The van der Waals surface area contributed by atoms with Gasteiger partial charge in [0.25, 0.3) is 0 Å². The SMILES string of the molecule is Cc1cc(C(C)(C)C)c(C(C)(C)C)c(C(C)C)c1C(C)C. The minimum atomic E-state index is 0.180. The smallest absolute Gasteiger partial charge is 0.0126 e. The lowest BCUT2D eigenvalue weighted by atomic mass is 9.68. The maximum absolute atomic E-state index is 2.46. The van der Waals surface area contributed by atoms with Gasteiger partial charge in [-0.15, -0.1) is 0 Å². The first-order chi connectivity index (χ1) is 9.28. The fraction of sp³-hybridized carbons (Fsp3) is 0.714. The van der Waals surface area contributed by atoms with Crippen molar-refractivity contribution in [2.75, 3.05) is 0 Å². The highest BCUT2D eigenvalue weighted by atomic mass is 14.4. The highest BCUT2D eigenvalue weighted by Crippen LogP contribution is 2.43. The van der Waals surface area contributed by atoms with Crippen molar-refractivity contribution in [1.29, 1.82) is 0 Å². The van der Waals surface area contributed by atoms with Gasteiger partial charge in [0.05, 0.1) is 0 Å². The molecule has 0 saturated carbocycles. The average Bonchev–Trinajstić information content (AvgIpc) is 2.23. The van der Waals surface area contributed by atoms with E-state index in [2.05, 4.69) is 82.2 Å². The second-order valence-corrected chi connectivity index (χ2v) is 9.25. The third-order valence-electron chi connectivity index (χ3n) is 4.33. The van der Waals surface area contributed by atoms with Gasteiger partial charge in [0.2, 0.25) is 0 Å². The van der Waals surface area contributed by atoms with Crippen molar-refractivity contribution in [1.82, 2.24) is 0 Å². The van der Waals surface area contributed by atoms with Gasteiger partial charge in [-0.05, 0) is 57.4 Å². The van der Waals surface area contributed by atoms with Crippen molar-refractivity contribution >= 4 is 0 Å². The van der Waals surface area contributed by atoms with E-state index in [1.807, 2.05) is 0 Å². The van der Waals surface area contributed by atoms with Crippen LogP contribution in [-0.2, 0) is 10.8 Å². The van der Waals surface area contributed by atoms with E-state index in [9.17, 15) is 0 Å². The lowest BCUT2D eigenvalue weighted by Crippen LogP contribution is -2.26. The molecule has 0 radical (unpaired) electrons. The first-order valence-electron chi connectivity index (χ1n) is 8.46. The summed E-state index contributed by atoms with van der Waals surface area (Å²) in [5.74, 6) is 1.15. The van der Waals surface area contributed by atoms with Gasteiger partial charge in [0.15, 0.2) is 0 Å². The molecule has 0 fully saturated rings. The van der Waals surface area contributed by atoms with Crippen LogP contribution in [0.2, 0.25) is 0 Å². The third-order valence-corrected chi connectivity index (χ3v) is 4.33. The van der Waals surface area contributed by atoms with Crippen molar-refractivity contribution in [3.8, 4) is 0 Å². The van der Waals surface area contributed by atoms with Crippen LogP contribution in [0.5, 0.6) is 0 Å². The molecule has 1 aromatic rings. The zero-order chi connectivity index (χ0) is 16.7. The molecule has 0 spiro atoms. The van der Waals surface area contributed by atoms with Crippen LogP contribution >= 0.6 is 0 Å². The van der Waals surface area contributed by atoms with Crippen LogP contribution in [-0.4, -0.2) is 0 Å². The van der Waals surface area contributed by atoms with Gasteiger partial charge in [0, 0.05) is 0 Å². The van der Waals surface area contributed by atoms with E-state index in [0.29, 0.717) is 11.8 Å². The van der Waals surface area contributed by atoms with E-state index in [4.69, 9.17) is 0 Å². The van der Waals surface area contributed by atoms with Crippen LogP contribution in [0.4, 0.5) is 0 Å². The Morgan fingerprint density at radius 3 is 1.43 bits per heavy atom. The molecule has 0 aliphatic heterocycles. The van der Waals surface area contributed by atoms with Crippen molar-refractivity contribution in [3.05, 3.63) is 33.9 Å². The summed E-state index contributed by atoms with van der Waals surface area (Å²) >= 11 is 0. The van der Waals surface area contributed by atoms with Gasteiger partial charge in [-0.2, -0.15) is 0 Å². The molecule has 0 aliphatic carbocycles. The minimum absolute atomic E-state index is 0.180. The Kier molecular flexibility index (Phi) is 5.03. The number of hydrogen-bond donors (Lipinski definition) is 0. The molecule has 0 nitrogen and oxygen atoms in total. The molecule has 0 aliphatic rings. The summed E-state index contributed by atoms with van der Waals surface area (Å²) in [5, 5.41) is 0. The molecule has 1 aromatic carbocycles. The Balaban J connectivity index is 3.97. The fourth-order valence-electron chi connectivity index (χ4n) is 3.62. The van der Waals surface area contributed by atoms with E-state index >= 15 is 0 Å². The number of rotatable bonds is 2. The highest BCUT2D eigenvalue weighted by molar-refractivity contribution is 5.53. The average molecular weight is 289 g/mol. The summed E-state index contributed by atoms with van der Waals surface area (Å²) in [6.07, 6.45) is 0. The molecule has 120 valence electrons. The molecular weight excluding hydrogens is 252 g/mol. The van der Waals surface area contributed by atoms with Crippen molar-refractivity contribution in [2.45, 2.75) is 98.8 Å². The first kappa shape index (κ1) is 18.3. The Bertz CT molecular complexity index is 502. The topological polar surface area (TPSA) is 0 Å². The van der Waals surface area contributed by atoms with Crippen LogP contribution in [0.25, 0.3) is 0 Å². The lowest BCUT2D eigenvalue weighted by molar-refractivity contribution is 0.518. The summed E-state index contributed by atoms with van der Waals surface area (Å²) in [6, 6.07) is 2.46. The zero-order valence-corrected chi connectivity index (χ0v) is 16.2. The maximum Gasteiger partial charge on any atom is -0.0126 e. The monoisotopic (exact) mass is 288 g/mol. The van der Waals surface area contributed by atoms with Crippen LogP contribution < -0.4 is 0 Å². The molecule has 0 amide bonds. The molecule has 0 saturated heterocycles. The largest absolute Gasteiger partial charge is 0.0587 e. The normalized spacial score (nSPS) is 13.4. The van der Waals surface area contributed by atoms with Crippen molar-refractivity contribution in [2.24, 2.45) is 0 Å². The van der Waals surface area contributed by atoms with Gasteiger partial charge >= 0.3 is 0 Å². The molecule has 0 atom stereocenters.